The van der Waals surface area contributed by atoms with Gasteiger partial charge in [-0.15, -0.1) is 0 Å². The minimum atomic E-state index is -4.15. The average Bonchev–Trinajstić information content (AvgIpc) is 3.37. The lowest BCUT2D eigenvalue weighted by molar-refractivity contribution is -0.149. The van der Waals surface area contributed by atoms with Gasteiger partial charge < -0.3 is 24.3 Å². The summed E-state index contributed by atoms with van der Waals surface area (Å²) in [5, 5.41) is 4.13. The molecule has 2 aromatic heterocycles. The topological polar surface area (TPSA) is 140 Å². The van der Waals surface area contributed by atoms with E-state index in [1.807, 2.05) is 31.2 Å². The van der Waals surface area contributed by atoms with Crippen LogP contribution in [0.5, 0.6) is 5.75 Å². The van der Waals surface area contributed by atoms with Crippen molar-refractivity contribution >= 4 is 53.1 Å². The summed E-state index contributed by atoms with van der Waals surface area (Å²) in [6.07, 6.45) is 2.10. The quantitative estimate of drug-likeness (QED) is 0.0948. The van der Waals surface area contributed by atoms with Crippen LogP contribution >= 0.6 is 19.3 Å². The minimum Gasteiger partial charge on any atom is -0.462 e. The molecule has 0 unspecified atom stereocenters. The fourth-order valence-electron chi connectivity index (χ4n) is 4.82. The number of unbranched alkanes of at least 4 members (excludes halogenated alkanes) is 1. The summed E-state index contributed by atoms with van der Waals surface area (Å²) < 4.78 is 39.6. The predicted molar refractivity (Wildman–Crippen MR) is 173 cm³/mol. The number of rotatable bonds is 16. The number of carbonyl (C=O) groups is 1. The maximum absolute atomic E-state index is 14.3. The molecule has 0 aliphatic heterocycles. The molecule has 3 atom stereocenters. The Labute approximate surface area is 263 Å². The van der Waals surface area contributed by atoms with E-state index in [0.29, 0.717) is 35.2 Å². The van der Waals surface area contributed by atoms with Crippen LogP contribution in [0.4, 0.5) is 5.82 Å². The third kappa shape index (κ3) is 8.28. The molecule has 238 valence electrons. The molecule has 4 aromatic rings. The summed E-state index contributed by atoms with van der Waals surface area (Å²) in [5.41, 5.74) is 8.49. The van der Waals surface area contributed by atoms with Gasteiger partial charge in [0.1, 0.15) is 29.7 Å². The van der Waals surface area contributed by atoms with Crippen molar-refractivity contribution in [2.75, 3.05) is 18.9 Å². The number of nitrogens with one attached hydrogen (secondary N) is 1. The minimum absolute atomic E-state index is 0.0368. The van der Waals surface area contributed by atoms with E-state index >= 15 is 0 Å². The van der Waals surface area contributed by atoms with Gasteiger partial charge in [-0.1, -0.05) is 49.6 Å². The van der Waals surface area contributed by atoms with Crippen LogP contribution in [-0.4, -0.2) is 45.9 Å². The number of para-hydroxylation sites is 1. The molecule has 13 heteroatoms. The number of nitrogens with two attached hydrogens (primary N) is 1. The van der Waals surface area contributed by atoms with Gasteiger partial charge in [0.25, 0.3) is 0 Å². The van der Waals surface area contributed by atoms with Crippen LogP contribution in [0.2, 0.25) is 5.02 Å². The molecule has 0 radical (unpaired) electrons. The summed E-state index contributed by atoms with van der Waals surface area (Å²) in [5.74, 6) is 0.628. The number of fused-ring (bicyclic) bond motifs is 3. The van der Waals surface area contributed by atoms with Gasteiger partial charge in [0.15, 0.2) is 5.82 Å². The second-order valence-electron chi connectivity index (χ2n) is 10.7. The number of hydrogen-bond acceptors (Lipinski definition) is 9. The SMILES string of the molecule is CCCC[C@H](CO[P@](=O)(N[C@@H](C)C(=O)OC(C)C)Oc1ccc(Cl)cc1)n1c(COCC)nc2c(N)nc3ccccc3c21. The highest BCUT2D eigenvalue weighted by molar-refractivity contribution is 7.52. The molecular weight excluding hydrogens is 605 g/mol. The summed E-state index contributed by atoms with van der Waals surface area (Å²) in [6.45, 7) is 9.73. The van der Waals surface area contributed by atoms with Crippen LogP contribution in [0.15, 0.2) is 48.5 Å². The molecule has 3 N–H and O–H groups in total. The Bertz CT molecular complexity index is 1610. The van der Waals surface area contributed by atoms with E-state index in [2.05, 4.69) is 21.6 Å². The Balaban J connectivity index is 1.76. The second kappa shape index (κ2) is 15.2. The van der Waals surface area contributed by atoms with Crippen LogP contribution in [0.1, 0.15) is 65.7 Å². The van der Waals surface area contributed by atoms with Crippen molar-refractivity contribution in [3.8, 4) is 5.75 Å². The number of nitrogen functional groups attached to an aromatic ring is 1. The molecule has 0 saturated heterocycles. The summed E-state index contributed by atoms with van der Waals surface area (Å²) >= 11 is 6.05. The van der Waals surface area contributed by atoms with Gasteiger partial charge in [0.05, 0.1) is 29.8 Å². The van der Waals surface area contributed by atoms with Crippen molar-refractivity contribution < 1.29 is 27.9 Å². The zero-order chi connectivity index (χ0) is 31.9. The number of benzene rings is 2. The lowest BCUT2D eigenvalue weighted by Gasteiger charge is -2.27. The maximum Gasteiger partial charge on any atom is 0.459 e. The van der Waals surface area contributed by atoms with E-state index < -0.39 is 19.8 Å². The van der Waals surface area contributed by atoms with Crippen LogP contribution < -0.4 is 15.3 Å². The third-order valence-electron chi connectivity index (χ3n) is 6.85. The molecular formula is C31H41ClN5O6P. The van der Waals surface area contributed by atoms with E-state index in [1.54, 1.807) is 45.0 Å². The van der Waals surface area contributed by atoms with Crippen molar-refractivity contribution in [1.29, 1.82) is 0 Å². The molecule has 0 fully saturated rings. The van der Waals surface area contributed by atoms with Gasteiger partial charge in [-0.25, -0.2) is 14.5 Å². The van der Waals surface area contributed by atoms with E-state index in [0.717, 1.165) is 29.3 Å². The number of aromatic nitrogens is 3. The highest BCUT2D eigenvalue weighted by Crippen LogP contribution is 2.46. The first-order chi connectivity index (χ1) is 21.0. The standard InChI is InChI=1S/C31H41ClN5O6P/c1-6-8-11-23(37-27(19-40-7-2)35-28-29(37)25-12-9-10-13-26(25)34-30(28)33)18-41-44(39,36-21(5)31(38)42-20(3)4)43-24-16-14-22(32)15-17-24/h9-10,12-17,20-21,23H,6-8,11,18-19H2,1-5H3,(H2,33,34)(H,36,39)/t21-,23+,44+/m0/s1. The molecule has 0 aliphatic rings. The Morgan fingerprint density at radius 1 is 1.09 bits per heavy atom. The van der Waals surface area contributed by atoms with Gasteiger partial charge in [0.2, 0.25) is 0 Å². The predicted octanol–water partition coefficient (Wildman–Crippen LogP) is 7.22. The summed E-state index contributed by atoms with van der Waals surface area (Å²) in [4.78, 5) is 22.1. The number of esters is 1. The highest BCUT2D eigenvalue weighted by Gasteiger charge is 2.34. The van der Waals surface area contributed by atoms with E-state index in [-0.39, 0.29) is 31.1 Å². The lowest BCUT2D eigenvalue weighted by atomic mass is 10.1. The van der Waals surface area contributed by atoms with Gasteiger partial charge in [0, 0.05) is 17.0 Å². The number of halogens is 1. The second-order valence-corrected chi connectivity index (χ2v) is 12.8. The first-order valence-corrected chi connectivity index (χ1v) is 16.8. The van der Waals surface area contributed by atoms with Gasteiger partial charge in [-0.3, -0.25) is 9.32 Å². The van der Waals surface area contributed by atoms with Gasteiger partial charge >= 0.3 is 13.7 Å². The van der Waals surface area contributed by atoms with Crippen molar-refractivity contribution in [3.05, 3.63) is 59.4 Å². The molecule has 2 aromatic carbocycles. The van der Waals surface area contributed by atoms with Gasteiger partial charge in [-0.05, 0) is 64.4 Å². The molecule has 4 rings (SSSR count). The molecule has 11 nitrogen and oxygen atoms in total. The highest BCUT2D eigenvalue weighted by atomic mass is 35.5. The van der Waals surface area contributed by atoms with Gasteiger partial charge in [-0.2, -0.15) is 5.09 Å². The Morgan fingerprint density at radius 3 is 2.50 bits per heavy atom. The van der Waals surface area contributed by atoms with E-state index in [9.17, 15) is 9.36 Å². The third-order valence-corrected chi connectivity index (χ3v) is 8.75. The smallest absolute Gasteiger partial charge is 0.459 e. The van der Waals surface area contributed by atoms with Crippen LogP contribution in [0.25, 0.3) is 21.9 Å². The fourth-order valence-corrected chi connectivity index (χ4v) is 6.47. The monoisotopic (exact) mass is 645 g/mol. The van der Waals surface area contributed by atoms with Crippen molar-refractivity contribution in [2.45, 2.75) is 78.7 Å². The molecule has 0 aliphatic carbocycles. The largest absolute Gasteiger partial charge is 0.462 e. The van der Waals surface area contributed by atoms with Crippen LogP contribution in [0, 0.1) is 0 Å². The number of ether oxygens (including phenoxy) is 2. The number of nitrogens with zero attached hydrogens (tertiary/aromatic N) is 3. The van der Waals surface area contributed by atoms with Crippen LogP contribution in [-0.2, 0) is 30.0 Å². The number of imidazole rings is 1. The fraction of sp³-hybridized carbons (Fsp3) is 0.452. The average molecular weight is 646 g/mol. The zero-order valence-corrected chi connectivity index (χ0v) is 27.4. The van der Waals surface area contributed by atoms with E-state index in [1.165, 1.54) is 0 Å². The first kappa shape index (κ1) is 33.7. The van der Waals surface area contributed by atoms with Crippen molar-refractivity contribution in [3.63, 3.8) is 0 Å². The van der Waals surface area contributed by atoms with Crippen LogP contribution in [0.3, 0.4) is 0 Å². The number of anilines is 1. The zero-order valence-electron chi connectivity index (χ0n) is 25.8. The molecule has 2 heterocycles. The molecule has 0 bridgehead atoms. The van der Waals surface area contributed by atoms with Crippen molar-refractivity contribution in [1.82, 2.24) is 19.6 Å². The maximum atomic E-state index is 14.3. The number of hydrogen-bond donors (Lipinski definition) is 2. The normalized spacial score (nSPS) is 14.5. The lowest BCUT2D eigenvalue weighted by Crippen LogP contribution is -2.36. The number of pyridine rings is 1. The molecule has 0 amide bonds. The molecule has 0 spiro atoms. The summed E-state index contributed by atoms with van der Waals surface area (Å²) in [7, 11) is -4.15. The summed E-state index contributed by atoms with van der Waals surface area (Å²) in [6, 6.07) is 12.8. The molecule has 0 saturated carbocycles. The Morgan fingerprint density at radius 2 is 1.82 bits per heavy atom. The Kier molecular flexibility index (Phi) is 11.6. The van der Waals surface area contributed by atoms with Crippen molar-refractivity contribution in [2.24, 2.45) is 0 Å². The Hall–Kier alpha value is -3.21. The molecule has 44 heavy (non-hydrogen) atoms. The first-order valence-electron chi connectivity index (χ1n) is 14.9. The number of carbonyl (C=O) groups excluding carboxylic acids is 1. The van der Waals surface area contributed by atoms with E-state index in [4.69, 9.17) is 40.8 Å².